The summed E-state index contributed by atoms with van der Waals surface area (Å²) in [6.07, 6.45) is 10.1. The Kier molecular flexibility index (Phi) is 3.91. The second-order valence-corrected chi connectivity index (χ2v) is 8.36. The van der Waals surface area contributed by atoms with E-state index in [1.165, 1.54) is 19.3 Å². The van der Waals surface area contributed by atoms with Crippen molar-refractivity contribution in [1.82, 2.24) is 24.6 Å². The number of anilines is 1. The summed E-state index contributed by atoms with van der Waals surface area (Å²) in [5.41, 5.74) is 0.208. The molecule has 1 aliphatic carbocycles. The normalized spacial score (nSPS) is 26.0. The van der Waals surface area contributed by atoms with Gasteiger partial charge in [0.15, 0.2) is 5.82 Å². The van der Waals surface area contributed by atoms with Crippen LogP contribution in [0.2, 0.25) is 0 Å². The lowest BCUT2D eigenvalue weighted by Crippen LogP contribution is -2.54. The van der Waals surface area contributed by atoms with Crippen LogP contribution in [0.5, 0.6) is 0 Å². The van der Waals surface area contributed by atoms with Gasteiger partial charge < -0.3 is 9.80 Å². The van der Waals surface area contributed by atoms with Crippen LogP contribution in [-0.4, -0.2) is 56.2 Å². The second kappa shape index (κ2) is 6.32. The molecule has 3 fully saturated rings. The van der Waals surface area contributed by atoms with Gasteiger partial charge in [0.25, 0.3) is 0 Å². The maximum atomic E-state index is 12.4. The van der Waals surface area contributed by atoms with Gasteiger partial charge in [0.05, 0.1) is 0 Å². The summed E-state index contributed by atoms with van der Waals surface area (Å²) >= 11 is 0. The van der Waals surface area contributed by atoms with E-state index in [-0.39, 0.29) is 5.41 Å². The number of hydrogen-bond acceptors (Lipinski definition) is 5. The molecular weight excluding hydrogens is 340 g/mol. The lowest BCUT2D eigenvalue weighted by Gasteiger charge is -2.48. The van der Waals surface area contributed by atoms with E-state index in [1.54, 1.807) is 10.9 Å². The third-order valence-corrected chi connectivity index (χ3v) is 6.22. The highest BCUT2D eigenvalue weighted by atomic mass is 16.2. The Morgan fingerprint density at radius 3 is 2.78 bits per heavy atom. The van der Waals surface area contributed by atoms with Gasteiger partial charge in [-0.2, -0.15) is 5.10 Å². The zero-order chi connectivity index (χ0) is 18.4. The van der Waals surface area contributed by atoms with E-state index in [9.17, 15) is 4.79 Å². The van der Waals surface area contributed by atoms with Gasteiger partial charge in [-0.25, -0.2) is 14.6 Å². The van der Waals surface area contributed by atoms with Gasteiger partial charge in [0.1, 0.15) is 11.6 Å². The maximum Gasteiger partial charge on any atom is 0.222 e. The molecule has 5 rings (SSSR count). The number of carbonyl (C=O) groups is 1. The maximum absolute atomic E-state index is 12.4. The quantitative estimate of drug-likeness (QED) is 0.834. The van der Waals surface area contributed by atoms with E-state index in [0.717, 1.165) is 49.9 Å². The molecular formula is C20H26N6O. The fraction of sp³-hybridized carbons (Fsp3) is 0.600. The molecule has 1 saturated carbocycles. The van der Waals surface area contributed by atoms with Gasteiger partial charge in [-0.3, -0.25) is 4.79 Å². The Labute approximate surface area is 159 Å². The van der Waals surface area contributed by atoms with Crippen LogP contribution in [0.15, 0.2) is 24.5 Å². The molecule has 2 aliphatic heterocycles. The number of nitrogens with zero attached hydrogens (tertiary/aromatic N) is 6. The Morgan fingerprint density at radius 1 is 1.15 bits per heavy atom. The number of aromatic nitrogens is 4. The minimum atomic E-state index is 0.208. The van der Waals surface area contributed by atoms with Crippen molar-refractivity contribution in [3.8, 4) is 5.82 Å². The van der Waals surface area contributed by atoms with Crippen LogP contribution in [-0.2, 0) is 4.79 Å². The summed E-state index contributed by atoms with van der Waals surface area (Å²) in [7, 11) is 0. The molecule has 142 valence electrons. The molecule has 7 nitrogen and oxygen atoms in total. The zero-order valence-electron chi connectivity index (χ0n) is 15.8. The highest BCUT2D eigenvalue weighted by Crippen LogP contribution is 2.43. The SMILES string of the molecule is Cc1nc(N2CCC[C@@]3(CCC(=O)N(C4CC4)C3)C2)cc(-n2cccn2)n1. The molecule has 2 aromatic heterocycles. The molecule has 1 atom stereocenters. The summed E-state index contributed by atoms with van der Waals surface area (Å²) in [6.45, 7) is 4.83. The summed E-state index contributed by atoms with van der Waals surface area (Å²) in [5.74, 6) is 2.90. The summed E-state index contributed by atoms with van der Waals surface area (Å²) < 4.78 is 1.78. The fourth-order valence-corrected chi connectivity index (χ4v) is 4.72. The minimum Gasteiger partial charge on any atom is -0.356 e. The summed E-state index contributed by atoms with van der Waals surface area (Å²) in [4.78, 5) is 26.2. The molecule has 7 heteroatoms. The zero-order valence-corrected chi connectivity index (χ0v) is 15.8. The predicted molar refractivity (Wildman–Crippen MR) is 102 cm³/mol. The molecule has 0 unspecified atom stereocenters. The van der Waals surface area contributed by atoms with E-state index in [2.05, 4.69) is 19.9 Å². The van der Waals surface area contributed by atoms with Gasteiger partial charge in [0.2, 0.25) is 5.91 Å². The number of likely N-dealkylation sites (tertiary alicyclic amines) is 1. The van der Waals surface area contributed by atoms with Crippen molar-refractivity contribution in [3.05, 3.63) is 30.4 Å². The van der Waals surface area contributed by atoms with Gasteiger partial charge in [-0.05, 0) is 45.1 Å². The first kappa shape index (κ1) is 16.7. The third kappa shape index (κ3) is 3.19. The highest BCUT2D eigenvalue weighted by Gasteiger charge is 2.45. The van der Waals surface area contributed by atoms with E-state index in [0.29, 0.717) is 18.4 Å². The number of piperidine rings is 2. The van der Waals surface area contributed by atoms with E-state index in [4.69, 9.17) is 4.98 Å². The third-order valence-electron chi connectivity index (χ3n) is 6.22. The van der Waals surface area contributed by atoms with Crippen LogP contribution < -0.4 is 4.90 Å². The van der Waals surface area contributed by atoms with Crippen LogP contribution in [0.4, 0.5) is 5.82 Å². The molecule has 2 saturated heterocycles. The molecule has 1 amide bonds. The van der Waals surface area contributed by atoms with Gasteiger partial charge in [-0.1, -0.05) is 0 Å². The molecule has 3 aliphatic rings. The van der Waals surface area contributed by atoms with Crippen LogP contribution in [0.1, 0.15) is 44.3 Å². The molecule has 0 N–H and O–H groups in total. The molecule has 0 aromatic carbocycles. The number of rotatable bonds is 3. The lowest BCUT2D eigenvalue weighted by atomic mass is 9.73. The van der Waals surface area contributed by atoms with Crippen molar-refractivity contribution in [2.75, 3.05) is 24.5 Å². The fourth-order valence-electron chi connectivity index (χ4n) is 4.72. The van der Waals surface area contributed by atoms with E-state index >= 15 is 0 Å². The standard InChI is InChI=1S/C20H26N6O/c1-15-22-17(12-18(23-15)26-11-3-9-21-26)24-10-2-7-20(13-24)8-6-19(27)25(14-20)16-4-5-16/h3,9,11-12,16H,2,4-8,10,13-14H2,1H3/t20-/m1/s1. The van der Waals surface area contributed by atoms with Crippen molar-refractivity contribution in [2.45, 2.75) is 51.5 Å². The van der Waals surface area contributed by atoms with E-state index < -0.39 is 0 Å². The first-order chi connectivity index (χ1) is 13.1. The van der Waals surface area contributed by atoms with Crippen LogP contribution >= 0.6 is 0 Å². The number of hydrogen-bond donors (Lipinski definition) is 0. The van der Waals surface area contributed by atoms with Crippen LogP contribution in [0, 0.1) is 12.3 Å². The monoisotopic (exact) mass is 366 g/mol. The topological polar surface area (TPSA) is 67.2 Å². The van der Waals surface area contributed by atoms with Gasteiger partial charge >= 0.3 is 0 Å². The number of carbonyl (C=O) groups excluding carboxylic acids is 1. The first-order valence-corrected chi connectivity index (χ1v) is 10.0. The van der Waals surface area contributed by atoms with Crippen molar-refractivity contribution >= 4 is 11.7 Å². The Bertz CT molecular complexity index is 846. The Morgan fingerprint density at radius 2 is 2.00 bits per heavy atom. The number of aryl methyl sites for hydroxylation is 1. The average molecular weight is 366 g/mol. The van der Waals surface area contributed by atoms with Crippen molar-refractivity contribution in [2.24, 2.45) is 5.41 Å². The van der Waals surface area contributed by atoms with Crippen LogP contribution in [0.25, 0.3) is 5.82 Å². The van der Waals surface area contributed by atoms with Crippen molar-refractivity contribution < 1.29 is 4.79 Å². The number of amides is 1. The first-order valence-electron chi connectivity index (χ1n) is 10.0. The second-order valence-electron chi connectivity index (χ2n) is 8.36. The minimum absolute atomic E-state index is 0.208. The van der Waals surface area contributed by atoms with Gasteiger partial charge in [-0.15, -0.1) is 0 Å². The highest BCUT2D eigenvalue weighted by molar-refractivity contribution is 5.78. The Hall–Kier alpha value is -2.44. The lowest BCUT2D eigenvalue weighted by molar-refractivity contribution is -0.138. The molecule has 0 radical (unpaired) electrons. The molecule has 2 aromatic rings. The van der Waals surface area contributed by atoms with Crippen molar-refractivity contribution in [1.29, 1.82) is 0 Å². The van der Waals surface area contributed by atoms with E-state index in [1.807, 2.05) is 25.3 Å². The molecule has 0 bridgehead atoms. The summed E-state index contributed by atoms with van der Waals surface area (Å²) in [6, 6.07) is 4.45. The predicted octanol–water partition coefficient (Wildman–Crippen LogP) is 2.34. The molecule has 1 spiro atoms. The molecule has 4 heterocycles. The summed E-state index contributed by atoms with van der Waals surface area (Å²) in [5, 5.41) is 4.31. The smallest absolute Gasteiger partial charge is 0.222 e. The van der Waals surface area contributed by atoms with Gasteiger partial charge in [0, 0.05) is 56.0 Å². The molecule has 27 heavy (non-hydrogen) atoms. The largest absolute Gasteiger partial charge is 0.356 e. The average Bonchev–Trinajstić information content (AvgIpc) is 3.37. The Balaban J connectivity index is 1.40. The van der Waals surface area contributed by atoms with Crippen molar-refractivity contribution in [3.63, 3.8) is 0 Å². The van der Waals surface area contributed by atoms with Crippen LogP contribution in [0.3, 0.4) is 0 Å².